The largest absolute Gasteiger partial charge is 0.282 e. The summed E-state index contributed by atoms with van der Waals surface area (Å²) in [7, 11) is -3.61. The van der Waals surface area contributed by atoms with E-state index >= 15 is 0 Å². The van der Waals surface area contributed by atoms with Crippen molar-refractivity contribution >= 4 is 42.4 Å². The van der Waals surface area contributed by atoms with Crippen LogP contribution < -0.4 is 4.72 Å². The second kappa shape index (κ2) is 8.25. The van der Waals surface area contributed by atoms with Crippen LogP contribution >= 0.6 is 15.9 Å². The maximum Gasteiger partial charge on any atom is 0.236 e. The van der Waals surface area contributed by atoms with Crippen LogP contribution in [0.2, 0.25) is 0 Å². The Morgan fingerprint density at radius 3 is 2.20 bits per heavy atom. The SMILES string of the molecule is Cc1ccc(C)c(-c2cc(Br)c3ccccc3c2NS(=O)(=O)Cc2ccccc2)c1. The van der Waals surface area contributed by atoms with E-state index in [2.05, 4.69) is 38.9 Å². The molecule has 0 atom stereocenters. The lowest BCUT2D eigenvalue weighted by atomic mass is 9.94. The Bertz CT molecular complexity index is 1330. The van der Waals surface area contributed by atoms with Crippen LogP contribution in [-0.4, -0.2) is 8.42 Å². The number of aryl methyl sites for hydroxylation is 2. The highest BCUT2D eigenvalue weighted by atomic mass is 79.9. The fourth-order valence-corrected chi connectivity index (χ4v) is 5.47. The van der Waals surface area contributed by atoms with Crippen molar-refractivity contribution in [1.29, 1.82) is 0 Å². The van der Waals surface area contributed by atoms with Crippen LogP contribution in [0.1, 0.15) is 16.7 Å². The number of sulfonamides is 1. The lowest BCUT2D eigenvalue weighted by Gasteiger charge is -2.19. The predicted molar refractivity (Wildman–Crippen MR) is 129 cm³/mol. The van der Waals surface area contributed by atoms with E-state index in [9.17, 15) is 8.42 Å². The van der Waals surface area contributed by atoms with Gasteiger partial charge in [0.25, 0.3) is 0 Å². The minimum atomic E-state index is -3.61. The van der Waals surface area contributed by atoms with Crippen LogP contribution in [0.5, 0.6) is 0 Å². The van der Waals surface area contributed by atoms with Gasteiger partial charge in [0.15, 0.2) is 0 Å². The molecule has 5 heteroatoms. The summed E-state index contributed by atoms with van der Waals surface area (Å²) >= 11 is 3.68. The molecule has 0 fully saturated rings. The third kappa shape index (κ3) is 4.27. The molecule has 0 saturated heterocycles. The van der Waals surface area contributed by atoms with Crippen molar-refractivity contribution < 1.29 is 8.42 Å². The Morgan fingerprint density at radius 2 is 1.47 bits per heavy atom. The predicted octanol–water partition coefficient (Wildman–Crippen LogP) is 6.83. The summed E-state index contributed by atoms with van der Waals surface area (Å²) < 4.78 is 30.1. The fraction of sp³-hybridized carbons (Fsp3) is 0.120. The van der Waals surface area contributed by atoms with Crippen molar-refractivity contribution in [1.82, 2.24) is 0 Å². The first-order valence-corrected chi connectivity index (χ1v) is 12.1. The van der Waals surface area contributed by atoms with Crippen molar-refractivity contribution in [3.8, 4) is 11.1 Å². The molecule has 3 nitrogen and oxygen atoms in total. The Labute approximate surface area is 186 Å². The summed E-state index contributed by atoms with van der Waals surface area (Å²) in [6, 6.07) is 25.3. The molecule has 4 rings (SSSR count). The quantitative estimate of drug-likeness (QED) is 0.340. The Morgan fingerprint density at radius 1 is 0.800 bits per heavy atom. The Kier molecular flexibility index (Phi) is 5.67. The average Bonchev–Trinajstić information content (AvgIpc) is 2.72. The molecular formula is C25H22BrNO2S. The first-order chi connectivity index (χ1) is 14.3. The second-order valence-electron chi connectivity index (χ2n) is 7.49. The minimum absolute atomic E-state index is 0.0789. The molecule has 0 saturated carbocycles. The van der Waals surface area contributed by atoms with E-state index in [4.69, 9.17) is 0 Å². The Hall–Kier alpha value is -2.63. The van der Waals surface area contributed by atoms with Crippen molar-refractivity contribution in [2.75, 3.05) is 4.72 Å². The van der Waals surface area contributed by atoms with E-state index in [0.717, 1.165) is 43.1 Å². The van der Waals surface area contributed by atoms with Crippen LogP contribution in [0.3, 0.4) is 0 Å². The number of fused-ring (bicyclic) bond motifs is 1. The molecule has 30 heavy (non-hydrogen) atoms. The lowest BCUT2D eigenvalue weighted by Crippen LogP contribution is -2.16. The molecule has 0 aliphatic rings. The summed E-state index contributed by atoms with van der Waals surface area (Å²) in [5, 5.41) is 1.82. The van der Waals surface area contributed by atoms with E-state index in [0.29, 0.717) is 5.69 Å². The molecule has 0 aliphatic heterocycles. The van der Waals surface area contributed by atoms with Crippen molar-refractivity contribution in [3.05, 3.63) is 100 Å². The fourth-order valence-electron chi connectivity index (χ4n) is 3.66. The van der Waals surface area contributed by atoms with Crippen molar-refractivity contribution in [2.45, 2.75) is 19.6 Å². The summed E-state index contributed by atoms with van der Waals surface area (Å²) in [5.41, 5.74) is 5.44. The number of nitrogens with one attached hydrogen (secondary N) is 1. The van der Waals surface area contributed by atoms with Gasteiger partial charge in [-0.3, -0.25) is 4.72 Å². The van der Waals surface area contributed by atoms with E-state index in [1.807, 2.05) is 74.5 Å². The van der Waals surface area contributed by atoms with E-state index in [1.165, 1.54) is 0 Å². The lowest BCUT2D eigenvalue weighted by molar-refractivity contribution is 0.600. The minimum Gasteiger partial charge on any atom is -0.282 e. The van der Waals surface area contributed by atoms with Crippen molar-refractivity contribution in [2.24, 2.45) is 0 Å². The average molecular weight is 480 g/mol. The van der Waals surface area contributed by atoms with Gasteiger partial charge in [-0.2, -0.15) is 0 Å². The van der Waals surface area contributed by atoms with E-state index in [-0.39, 0.29) is 5.75 Å². The number of benzene rings is 4. The third-order valence-electron chi connectivity index (χ3n) is 5.13. The van der Waals surface area contributed by atoms with Crippen molar-refractivity contribution in [3.63, 3.8) is 0 Å². The van der Waals surface area contributed by atoms with Gasteiger partial charge < -0.3 is 0 Å². The molecule has 4 aromatic rings. The topological polar surface area (TPSA) is 46.2 Å². The molecular weight excluding hydrogens is 458 g/mol. The second-order valence-corrected chi connectivity index (χ2v) is 10.1. The summed E-state index contributed by atoms with van der Waals surface area (Å²) in [5.74, 6) is -0.0789. The van der Waals surface area contributed by atoms with E-state index in [1.54, 1.807) is 0 Å². The zero-order valence-electron chi connectivity index (χ0n) is 16.8. The third-order valence-corrected chi connectivity index (χ3v) is 7.02. The number of rotatable bonds is 5. The van der Waals surface area contributed by atoms with Crippen LogP contribution in [0.4, 0.5) is 5.69 Å². The summed E-state index contributed by atoms with van der Waals surface area (Å²) in [6.07, 6.45) is 0. The van der Waals surface area contributed by atoms with Crippen LogP contribution in [-0.2, 0) is 15.8 Å². The van der Waals surface area contributed by atoms with Gasteiger partial charge in [-0.25, -0.2) is 8.42 Å². The van der Waals surface area contributed by atoms with Gasteiger partial charge in [0, 0.05) is 15.4 Å². The standard InChI is InChI=1S/C25H22BrNO2S/c1-17-12-13-18(2)22(14-17)23-15-24(26)20-10-6-7-11-21(20)25(23)27-30(28,29)16-19-8-4-3-5-9-19/h3-15,27H,16H2,1-2H3. The van der Waals surface area contributed by atoms with Crippen LogP contribution in [0.15, 0.2) is 83.3 Å². The Balaban J connectivity index is 1.91. The molecule has 4 aromatic carbocycles. The highest BCUT2D eigenvalue weighted by molar-refractivity contribution is 9.10. The number of hydrogen-bond donors (Lipinski definition) is 1. The molecule has 0 aromatic heterocycles. The molecule has 0 amide bonds. The van der Waals surface area contributed by atoms with E-state index < -0.39 is 10.0 Å². The van der Waals surface area contributed by atoms with Gasteiger partial charge in [-0.05, 0) is 42.0 Å². The molecule has 1 N–H and O–H groups in total. The first-order valence-electron chi connectivity index (χ1n) is 9.67. The highest BCUT2D eigenvalue weighted by Gasteiger charge is 2.19. The van der Waals surface area contributed by atoms with Gasteiger partial charge in [-0.1, -0.05) is 94.3 Å². The monoisotopic (exact) mass is 479 g/mol. The number of halogens is 1. The molecule has 0 unspecified atom stereocenters. The highest BCUT2D eigenvalue weighted by Crippen LogP contribution is 2.41. The van der Waals surface area contributed by atoms with Gasteiger partial charge in [0.05, 0.1) is 11.4 Å². The molecule has 0 radical (unpaired) electrons. The smallest absolute Gasteiger partial charge is 0.236 e. The van der Waals surface area contributed by atoms with Crippen LogP contribution in [0, 0.1) is 13.8 Å². The summed E-state index contributed by atoms with van der Waals surface area (Å²) in [4.78, 5) is 0. The molecule has 152 valence electrons. The zero-order valence-corrected chi connectivity index (χ0v) is 19.2. The van der Waals surface area contributed by atoms with Gasteiger partial charge in [0.2, 0.25) is 10.0 Å². The van der Waals surface area contributed by atoms with Gasteiger partial charge >= 0.3 is 0 Å². The first kappa shape index (κ1) is 20.6. The number of hydrogen-bond acceptors (Lipinski definition) is 2. The normalized spacial score (nSPS) is 11.6. The molecule has 0 bridgehead atoms. The maximum atomic E-state index is 13.1. The van der Waals surface area contributed by atoms with Crippen LogP contribution in [0.25, 0.3) is 21.9 Å². The van der Waals surface area contributed by atoms with Gasteiger partial charge in [0.1, 0.15) is 0 Å². The van der Waals surface area contributed by atoms with Gasteiger partial charge in [-0.15, -0.1) is 0 Å². The maximum absolute atomic E-state index is 13.1. The summed E-state index contributed by atoms with van der Waals surface area (Å²) in [6.45, 7) is 4.08. The number of anilines is 1. The molecule has 0 spiro atoms. The zero-order chi connectivity index (χ0) is 21.3. The molecule has 0 aliphatic carbocycles. The molecule has 0 heterocycles.